The Morgan fingerprint density at radius 3 is 2.34 bits per heavy atom. The number of imide groups is 1. The van der Waals surface area contributed by atoms with Gasteiger partial charge in [0.2, 0.25) is 5.78 Å². The number of carbonyl (C=O) groups excluding carboxylic acids is 4. The molecule has 8 nitrogen and oxygen atoms in total. The van der Waals surface area contributed by atoms with Crippen LogP contribution in [0.1, 0.15) is 35.6 Å². The van der Waals surface area contributed by atoms with Crippen LogP contribution in [0.5, 0.6) is 0 Å². The predicted molar refractivity (Wildman–Crippen MR) is 105 cm³/mol. The van der Waals surface area contributed by atoms with E-state index in [4.69, 9.17) is 4.74 Å². The lowest BCUT2D eigenvalue weighted by atomic mass is 10.1. The smallest absolute Gasteiger partial charge is 0.326 e. The van der Waals surface area contributed by atoms with E-state index in [0.717, 1.165) is 22.0 Å². The summed E-state index contributed by atoms with van der Waals surface area (Å²) in [4.78, 5) is 49.4. The summed E-state index contributed by atoms with van der Waals surface area (Å²) in [6.07, 6.45) is 0. The molecular weight excluding hydrogens is 374 g/mol. The van der Waals surface area contributed by atoms with Crippen LogP contribution in [0, 0.1) is 13.8 Å². The lowest BCUT2D eigenvalue weighted by Gasteiger charge is -2.15. The van der Waals surface area contributed by atoms with Crippen molar-refractivity contribution in [1.82, 2.24) is 14.8 Å². The zero-order chi connectivity index (χ0) is 21.3. The van der Waals surface area contributed by atoms with E-state index < -0.39 is 36.6 Å². The normalized spacial score (nSPS) is 15.4. The number of rotatable bonds is 6. The number of amides is 3. The van der Waals surface area contributed by atoms with E-state index in [2.05, 4.69) is 5.32 Å². The van der Waals surface area contributed by atoms with Gasteiger partial charge in [0.15, 0.2) is 6.61 Å². The number of nitrogens with one attached hydrogen (secondary N) is 1. The molecule has 0 aliphatic carbocycles. The molecule has 152 valence electrons. The number of aryl methyl sites for hydroxylation is 1. The van der Waals surface area contributed by atoms with Crippen LogP contribution in [0.3, 0.4) is 0 Å². The van der Waals surface area contributed by atoms with Gasteiger partial charge in [0.25, 0.3) is 5.91 Å². The van der Waals surface area contributed by atoms with E-state index in [1.165, 1.54) is 0 Å². The SMILES string of the molecule is Cc1cc(C(=O)COC(=O)CN2C(=O)NC(C)(C)C2=O)c(C)n1-c1ccccc1. The molecule has 1 aromatic carbocycles. The number of hydrogen-bond acceptors (Lipinski definition) is 5. The fourth-order valence-electron chi connectivity index (χ4n) is 3.38. The quantitative estimate of drug-likeness (QED) is 0.458. The van der Waals surface area contributed by atoms with E-state index in [1.807, 2.05) is 48.7 Å². The molecule has 0 bridgehead atoms. The van der Waals surface area contributed by atoms with E-state index >= 15 is 0 Å². The van der Waals surface area contributed by atoms with Crippen molar-refractivity contribution >= 4 is 23.7 Å². The molecular formula is C21H23N3O5. The third-order valence-corrected chi connectivity index (χ3v) is 4.84. The molecule has 29 heavy (non-hydrogen) atoms. The molecule has 3 rings (SSSR count). The van der Waals surface area contributed by atoms with Gasteiger partial charge in [-0.3, -0.25) is 19.3 Å². The summed E-state index contributed by atoms with van der Waals surface area (Å²) in [5.74, 6) is -1.69. The molecule has 3 amide bonds. The average Bonchev–Trinajstić information content (AvgIpc) is 3.07. The number of Topliss-reactive ketones (excluding diaryl/α,β-unsaturated/α-hetero) is 1. The van der Waals surface area contributed by atoms with Gasteiger partial charge in [0.1, 0.15) is 12.1 Å². The Bertz CT molecular complexity index is 991. The second kappa shape index (κ2) is 7.54. The van der Waals surface area contributed by atoms with E-state index in [-0.39, 0.29) is 5.78 Å². The van der Waals surface area contributed by atoms with Gasteiger partial charge in [-0.2, -0.15) is 0 Å². The minimum atomic E-state index is -1.07. The third-order valence-electron chi connectivity index (χ3n) is 4.84. The zero-order valence-corrected chi connectivity index (χ0v) is 16.8. The molecule has 1 aromatic heterocycles. The van der Waals surface area contributed by atoms with Gasteiger partial charge in [-0.15, -0.1) is 0 Å². The van der Waals surface area contributed by atoms with Gasteiger partial charge in [0.05, 0.1) is 0 Å². The number of aromatic nitrogens is 1. The molecule has 8 heteroatoms. The van der Waals surface area contributed by atoms with Crippen molar-refractivity contribution in [2.45, 2.75) is 33.2 Å². The average molecular weight is 397 g/mol. The highest BCUT2D eigenvalue weighted by molar-refractivity contribution is 6.08. The topological polar surface area (TPSA) is 97.7 Å². The van der Waals surface area contributed by atoms with Crippen LogP contribution in [-0.4, -0.2) is 51.8 Å². The number of esters is 1. The second-order valence-electron chi connectivity index (χ2n) is 7.49. The number of ether oxygens (including phenoxy) is 1. The highest BCUT2D eigenvalue weighted by Gasteiger charge is 2.45. The first-order chi connectivity index (χ1) is 13.6. The van der Waals surface area contributed by atoms with Crippen LogP contribution in [0.15, 0.2) is 36.4 Å². The van der Waals surface area contributed by atoms with Gasteiger partial charge in [-0.1, -0.05) is 18.2 Å². The molecule has 0 spiro atoms. The molecule has 1 aliphatic rings. The van der Waals surface area contributed by atoms with Gasteiger partial charge in [-0.05, 0) is 45.9 Å². The number of ketones is 1. The molecule has 0 unspecified atom stereocenters. The standard InChI is InChI=1S/C21H23N3O5/c1-13-10-16(14(2)24(13)15-8-6-5-7-9-15)17(25)12-29-18(26)11-23-19(27)21(3,4)22-20(23)28/h5-10H,11-12H2,1-4H3,(H,22,28). The fourth-order valence-corrected chi connectivity index (χ4v) is 3.38. The molecule has 0 radical (unpaired) electrons. The summed E-state index contributed by atoms with van der Waals surface area (Å²) in [5.41, 5.74) is 1.94. The number of benzene rings is 1. The van der Waals surface area contributed by atoms with Crippen LogP contribution < -0.4 is 5.32 Å². The Hall–Kier alpha value is -3.42. The Balaban J connectivity index is 1.65. The zero-order valence-electron chi connectivity index (χ0n) is 16.8. The van der Waals surface area contributed by atoms with Crippen molar-refractivity contribution in [3.8, 4) is 5.69 Å². The maximum atomic E-state index is 12.6. The van der Waals surface area contributed by atoms with Crippen LogP contribution in [0.4, 0.5) is 4.79 Å². The first kappa shape index (κ1) is 20.3. The first-order valence-electron chi connectivity index (χ1n) is 9.19. The van der Waals surface area contributed by atoms with Crippen molar-refractivity contribution in [1.29, 1.82) is 0 Å². The molecule has 1 saturated heterocycles. The van der Waals surface area contributed by atoms with Crippen molar-refractivity contribution in [2.75, 3.05) is 13.2 Å². The van der Waals surface area contributed by atoms with Gasteiger partial charge in [-0.25, -0.2) is 4.79 Å². The van der Waals surface area contributed by atoms with Crippen LogP contribution in [0.2, 0.25) is 0 Å². The predicted octanol–water partition coefficient (Wildman–Crippen LogP) is 2.15. The summed E-state index contributed by atoms with van der Waals surface area (Å²) in [5, 5.41) is 2.48. The Kier molecular flexibility index (Phi) is 5.28. The third kappa shape index (κ3) is 3.91. The minimum absolute atomic E-state index is 0.355. The number of para-hydroxylation sites is 1. The van der Waals surface area contributed by atoms with Gasteiger partial charge < -0.3 is 14.6 Å². The maximum Gasteiger partial charge on any atom is 0.326 e. The molecule has 0 saturated carbocycles. The lowest BCUT2D eigenvalue weighted by Crippen LogP contribution is -2.41. The molecule has 1 fully saturated rings. The van der Waals surface area contributed by atoms with E-state index in [1.54, 1.807) is 19.9 Å². The Morgan fingerprint density at radius 1 is 1.10 bits per heavy atom. The second-order valence-corrected chi connectivity index (χ2v) is 7.49. The molecule has 2 aromatic rings. The molecule has 1 aliphatic heterocycles. The van der Waals surface area contributed by atoms with Crippen molar-refractivity contribution < 1.29 is 23.9 Å². The van der Waals surface area contributed by atoms with Crippen LogP contribution in [0.25, 0.3) is 5.69 Å². The van der Waals surface area contributed by atoms with E-state index in [0.29, 0.717) is 5.56 Å². The largest absolute Gasteiger partial charge is 0.456 e. The minimum Gasteiger partial charge on any atom is -0.456 e. The molecule has 2 heterocycles. The number of carbonyl (C=O) groups is 4. The molecule has 1 N–H and O–H groups in total. The first-order valence-corrected chi connectivity index (χ1v) is 9.19. The Morgan fingerprint density at radius 2 is 1.76 bits per heavy atom. The summed E-state index contributed by atoms with van der Waals surface area (Å²) in [6, 6.07) is 10.7. The number of hydrogen-bond donors (Lipinski definition) is 1. The van der Waals surface area contributed by atoms with Crippen molar-refractivity contribution in [3.63, 3.8) is 0 Å². The van der Waals surface area contributed by atoms with Crippen LogP contribution >= 0.6 is 0 Å². The highest BCUT2D eigenvalue weighted by atomic mass is 16.5. The van der Waals surface area contributed by atoms with Crippen LogP contribution in [-0.2, 0) is 14.3 Å². The summed E-state index contributed by atoms with van der Waals surface area (Å²) < 4.78 is 6.97. The number of urea groups is 1. The Labute approximate surface area is 168 Å². The molecule has 0 atom stereocenters. The summed E-state index contributed by atoms with van der Waals surface area (Å²) >= 11 is 0. The van der Waals surface area contributed by atoms with Crippen molar-refractivity contribution in [3.05, 3.63) is 53.3 Å². The van der Waals surface area contributed by atoms with Gasteiger partial charge in [0, 0.05) is 22.6 Å². The lowest BCUT2D eigenvalue weighted by molar-refractivity contribution is -0.146. The van der Waals surface area contributed by atoms with Crippen molar-refractivity contribution in [2.24, 2.45) is 0 Å². The maximum absolute atomic E-state index is 12.6. The van der Waals surface area contributed by atoms with Gasteiger partial charge >= 0.3 is 12.0 Å². The summed E-state index contributed by atoms with van der Waals surface area (Å²) in [6.45, 7) is 5.80. The highest BCUT2D eigenvalue weighted by Crippen LogP contribution is 2.21. The summed E-state index contributed by atoms with van der Waals surface area (Å²) in [7, 11) is 0. The monoisotopic (exact) mass is 397 g/mol. The van der Waals surface area contributed by atoms with E-state index in [9.17, 15) is 19.2 Å². The fraction of sp³-hybridized carbons (Fsp3) is 0.333. The number of nitrogens with zero attached hydrogens (tertiary/aromatic N) is 2.